The Morgan fingerprint density at radius 3 is 3.00 bits per heavy atom. The third-order valence-electron chi connectivity index (χ3n) is 3.46. The first-order chi connectivity index (χ1) is 9.72. The van der Waals surface area contributed by atoms with Crippen LogP contribution in [0.5, 0.6) is 11.5 Å². The van der Waals surface area contributed by atoms with Gasteiger partial charge in [0.1, 0.15) is 13.2 Å². The van der Waals surface area contributed by atoms with Crippen molar-refractivity contribution in [2.75, 3.05) is 19.8 Å². The zero-order valence-electron chi connectivity index (χ0n) is 11.1. The lowest BCUT2D eigenvalue weighted by molar-refractivity contribution is -0.119. The van der Waals surface area contributed by atoms with Crippen LogP contribution in [0.1, 0.15) is 18.4 Å². The topological polar surface area (TPSA) is 59.6 Å². The standard InChI is InChI=1S/C14H17BrN2O3/c15-11-5-9(6-12-14(11)20-4-3-19-12)7-16-8-10-1-2-13(18)17-10/h5-6,10,16H,1-4,7-8H2,(H,17,18). The molecule has 0 aliphatic carbocycles. The second kappa shape index (κ2) is 6.01. The number of hydrogen-bond donors (Lipinski definition) is 2. The molecule has 1 atom stereocenters. The van der Waals surface area contributed by atoms with Gasteiger partial charge in [0.25, 0.3) is 0 Å². The summed E-state index contributed by atoms with van der Waals surface area (Å²) in [6.45, 7) is 2.70. The Kier molecular flexibility index (Phi) is 4.12. The second-order valence-electron chi connectivity index (χ2n) is 5.04. The minimum absolute atomic E-state index is 0.152. The third-order valence-corrected chi connectivity index (χ3v) is 4.05. The monoisotopic (exact) mass is 340 g/mol. The van der Waals surface area contributed by atoms with E-state index >= 15 is 0 Å². The first-order valence-corrected chi connectivity index (χ1v) is 7.60. The van der Waals surface area contributed by atoms with Crippen molar-refractivity contribution in [3.05, 3.63) is 22.2 Å². The molecule has 3 rings (SSSR count). The highest BCUT2D eigenvalue weighted by Gasteiger charge is 2.20. The largest absolute Gasteiger partial charge is 0.486 e. The molecule has 0 bridgehead atoms. The summed E-state index contributed by atoms with van der Waals surface area (Å²) in [6, 6.07) is 4.29. The van der Waals surface area contributed by atoms with E-state index in [2.05, 4.69) is 26.6 Å². The van der Waals surface area contributed by atoms with Gasteiger partial charge in [0.15, 0.2) is 11.5 Å². The predicted octanol–water partition coefficient (Wildman–Crippen LogP) is 1.59. The Balaban J connectivity index is 1.57. The smallest absolute Gasteiger partial charge is 0.220 e. The molecule has 1 fully saturated rings. The molecule has 0 aromatic heterocycles. The number of rotatable bonds is 4. The van der Waals surface area contributed by atoms with Crippen LogP contribution in [0.25, 0.3) is 0 Å². The molecule has 0 saturated carbocycles. The van der Waals surface area contributed by atoms with Crippen LogP contribution in [0.4, 0.5) is 0 Å². The molecule has 1 saturated heterocycles. The summed E-state index contributed by atoms with van der Waals surface area (Å²) in [5, 5.41) is 6.31. The van der Waals surface area contributed by atoms with Crippen molar-refractivity contribution in [2.24, 2.45) is 0 Å². The summed E-state index contributed by atoms with van der Waals surface area (Å²) in [7, 11) is 0. The van der Waals surface area contributed by atoms with Crippen LogP contribution in [0.3, 0.4) is 0 Å². The maximum atomic E-state index is 11.1. The van der Waals surface area contributed by atoms with Crippen molar-refractivity contribution in [2.45, 2.75) is 25.4 Å². The minimum Gasteiger partial charge on any atom is -0.486 e. The Hall–Kier alpha value is -1.27. The van der Waals surface area contributed by atoms with Crippen molar-refractivity contribution in [3.63, 3.8) is 0 Å². The molecule has 0 spiro atoms. The Morgan fingerprint density at radius 1 is 1.35 bits per heavy atom. The van der Waals surface area contributed by atoms with E-state index < -0.39 is 0 Å². The third kappa shape index (κ3) is 3.07. The van der Waals surface area contributed by atoms with E-state index in [4.69, 9.17) is 9.47 Å². The Bertz CT molecular complexity index is 521. The number of fused-ring (bicyclic) bond motifs is 1. The maximum absolute atomic E-state index is 11.1. The Labute approximate surface area is 126 Å². The molecule has 0 radical (unpaired) electrons. The molecule has 1 amide bonds. The summed E-state index contributed by atoms with van der Waals surface area (Å²) < 4.78 is 12.1. The van der Waals surface area contributed by atoms with Gasteiger partial charge in [0, 0.05) is 25.6 Å². The van der Waals surface area contributed by atoms with Crippen molar-refractivity contribution < 1.29 is 14.3 Å². The molecule has 20 heavy (non-hydrogen) atoms. The van der Waals surface area contributed by atoms with Gasteiger partial charge < -0.3 is 20.1 Å². The average molecular weight is 341 g/mol. The highest BCUT2D eigenvalue weighted by molar-refractivity contribution is 9.10. The van der Waals surface area contributed by atoms with Crippen LogP contribution in [0.15, 0.2) is 16.6 Å². The van der Waals surface area contributed by atoms with Crippen molar-refractivity contribution in [1.29, 1.82) is 0 Å². The van der Waals surface area contributed by atoms with E-state index in [-0.39, 0.29) is 11.9 Å². The molecule has 2 heterocycles. The van der Waals surface area contributed by atoms with E-state index in [1.165, 1.54) is 0 Å². The summed E-state index contributed by atoms with van der Waals surface area (Å²) in [5.41, 5.74) is 1.13. The molecule has 1 unspecified atom stereocenters. The summed E-state index contributed by atoms with van der Waals surface area (Å²) in [5.74, 6) is 1.72. The van der Waals surface area contributed by atoms with E-state index in [9.17, 15) is 4.79 Å². The van der Waals surface area contributed by atoms with E-state index in [1.807, 2.05) is 12.1 Å². The fourth-order valence-electron chi connectivity index (χ4n) is 2.49. The fraction of sp³-hybridized carbons (Fsp3) is 0.500. The van der Waals surface area contributed by atoms with Crippen molar-refractivity contribution in [1.82, 2.24) is 10.6 Å². The minimum atomic E-state index is 0.152. The molecular formula is C14H17BrN2O3. The maximum Gasteiger partial charge on any atom is 0.220 e. The van der Waals surface area contributed by atoms with E-state index in [0.29, 0.717) is 19.6 Å². The SMILES string of the molecule is O=C1CCC(CNCc2cc(Br)c3c(c2)OCCO3)N1. The van der Waals surface area contributed by atoms with Crippen LogP contribution in [-0.2, 0) is 11.3 Å². The van der Waals surface area contributed by atoms with Gasteiger partial charge in [-0.1, -0.05) is 0 Å². The number of carbonyl (C=O) groups excluding carboxylic acids is 1. The van der Waals surface area contributed by atoms with Gasteiger partial charge in [-0.25, -0.2) is 0 Å². The quantitative estimate of drug-likeness (QED) is 0.873. The first kappa shape index (κ1) is 13.7. The number of amides is 1. The van der Waals surface area contributed by atoms with Gasteiger partial charge in [-0.3, -0.25) is 4.79 Å². The van der Waals surface area contributed by atoms with Gasteiger partial charge in [-0.15, -0.1) is 0 Å². The number of ether oxygens (including phenoxy) is 2. The molecule has 2 aliphatic heterocycles. The van der Waals surface area contributed by atoms with Crippen molar-refractivity contribution in [3.8, 4) is 11.5 Å². The normalized spacial score (nSPS) is 20.9. The van der Waals surface area contributed by atoms with Crippen molar-refractivity contribution >= 4 is 21.8 Å². The van der Waals surface area contributed by atoms with E-state index in [1.54, 1.807) is 0 Å². The van der Waals surface area contributed by atoms with E-state index in [0.717, 1.165) is 41.0 Å². The number of carbonyl (C=O) groups is 1. The summed E-state index contributed by atoms with van der Waals surface area (Å²) in [4.78, 5) is 11.1. The lowest BCUT2D eigenvalue weighted by atomic mass is 10.2. The van der Waals surface area contributed by atoms with Crippen LogP contribution in [-0.4, -0.2) is 31.7 Å². The average Bonchev–Trinajstić information content (AvgIpc) is 2.85. The van der Waals surface area contributed by atoms with Crippen LogP contribution >= 0.6 is 15.9 Å². The lowest BCUT2D eigenvalue weighted by Crippen LogP contribution is -2.35. The Morgan fingerprint density at radius 2 is 2.20 bits per heavy atom. The van der Waals surface area contributed by atoms with Gasteiger partial charge >= 0.3 is 0 Å². The molecule has 2 N–H and O–H groups in total. The van der Waals surface area contributed by atoms with Gasteiger partial charge in [0.05, 0.1) is 4.47 Å². The molecule has 1 aromatic carbocycles. The highest BCUT2D eigenvalue weighted by Crippen LogP contribution is 2.38. The number of halogens is 1. The summed E-state index contributed by atoms with van der Waals surface area (Å²) >= 11 is 3.51. The van der Waals surface area contributed by atoms with Crippen LogP contribution in [0, 0.1) is 0 Å². The van der Waals surface area contributed by atoms with Gasteiger partial charge in [-0.2, -0.15) is 0 Å². The summed E-state index contributed by atoms with van der Waals surface area (Å²) in [6.07, 6.45) is 1.55. The molecule has 1 aromatic rings. The van der Waals surface area contributed by atoms with Crippen LogP contribution < -0.4 is 20.1 Å². The first-order valence-electron chi connectivity index (χ1n) is 6.80. The van der Waals surface area contributed by atoms with Gasteiger partial charge in [-0.05, 0) is 40.0 Å². The zero-order chi connectivity index (χ0) is 13.9. The zero-order valence-corrected chi connectivity index (χ0v) is 12.7. The molecular weight excluding hydrogens is 324 g/mol. The molecule has 6 heteroatoms. The fourth-order valence-corrected chi connectivity index (χ4v) is 3.09. The molecule has 5 nitrogen and oxygen atoms in total. The number of hydrogen-bond acceptors (Lipinski definition) is 4. The molecule has 108 valence electrons. The highest BCUT2D eigenvalue weighted by atomic mass is 79.9. The lowest BCUT2D eigenvalue weighted by Gasteiger charge is -2.20. The number of benzene rings is 1. The van der Waals surface area contributed by atoms with Crippen LogP contribution in [0.2, 0.25) is 0 Å². The predicted molar refractivity (Wildman–Crippen MR) is 78.0 cm³/mol. The second-order valence-corrected chi connectivity index (χ2v) is 5.89. The number of nitrogens with one attached hydrogen (secondary N) is 2. The van der Waals surface area contributed by atoms with Gasteiger partial charge in [0.2, 0.25) is 5.91 Å². The molecule has 2 aliphatic rings.